The van der Waals surface area contributed by atoms with Crippen molar-refractivity contribution in [2.24, 2.45) is 5.92 Å². The van der Waals surface area contributed by atoms with E-state index < -0.39 is 0 Å². The highest BCUT2D eigenvalue weighted by atomic mass is 16.4. The van der Waals surface area contributed by atoms with E-state index in [4.69, 9.17) is 9.40 Å². The molecule has 5 heterocycles. The average molecular weight is 372 g/mol. The van der Waals surface area contributed by atoms with Crippen LogP contribution in [0.3, 0.4) is 0 Å². The highest BCUT2D eigenvalue weighted by Gasteiger charge is 2.32. The quantitative estimate of drug-likeness (QED) is 0.520. The molecule has 1 fully saturated rings. The van der Waals surface area contributed by atoms with Gasteiger partial charge in [0.2, 0.25) is 5.95 Å². The minimum Gasteiger partial charge on any atom is -0.423 e. The largest absolute Gasteiger partial charge is 0.423 e. The van der Waals surface area contributed by atoms with E-state index in [0.29, 0.717) is 23.1 Å². The van der Waals surface area contributed by atoms with Crippen molar-refractivity contribution >= 4 is 28.1 Å². The fraction of sp³-hybridized carbons (Fsp3) is 0.200. The molecule has 138 valence electrons. The first kappa shape index (κ1) is 15.4. The van der Waals surface area contributed by atoms with Crippen LogP contribution in [0.25, 0.3) is 33.4 Å². The molecule has 0 bridgehead atoms. The molecule has 0 aliphatic carbocycles. The zero-order valence-electron chi connectivity index (χ0n) is 14.8. The maximum absolute atomic E-state index is 11.4. The van der Waals surface area contributed by atoms with Gasteiger partial charge in [0.1, 0.15) is 16.8 Å². The fourth-order valence-corrected chi connectivity index (χ4v) is 4.03. The van der Waals surface area contributed by atoms with Crippen LogP contribution >= 0.6 is 0 Å². The lowest BCUT2D eigenvalue weighted by molar-refractivity contribution is 0.561. The summed E-state index contributed by atoms with van der Waals surface area (Å²) in [5.74, 6) is 1.20. The molecule has 6 rings (SSSR count). The molecule has 1 aromatic carbocycles. The van der Waals surface area contributed by atoms with Gasteiger partial charge in [-0.25, -0.2) is 14.8 Å². The van der Waals surface area contributed by atoms with Crippen LogP contribution in [0, 0.1) is 5.92 Å². The van der Waals surface area contributed by atoms with Crippen molar-refractivity contribution in [2.45, 2.75) is 0 Å². The van der Waals surface area contributed by atoms with Gasteiger partial charge in [0.15, 0.2) is 5.65 Å². The molecule has 0 radical (unpaired) electrons. The number of hydrogen-bond donors (Lipinski definition) is 2. The molecule has 0 saturated carbocycles. The van der Waals surface area contributed by atoms with Crippen molar-refractivity contribution in [3.05, 3.63) is 58.9 Å². The van der Waals surface area contributed by atoms with E-state index in [-0.39, 0.29) is 5.63 Å². The first-order valence-electron chi connectivity index (χ1n) is 9.17. The third kappa shape index (κ3) is 2.31. The molecule has 2 aliphatic rings. The van der Waals surface area contributed by atoms with Crippen LogP contribution in [0.1, 0.15) is 0 Å². The van der Waals surface area contributed by atoms with Gasteiger partial charge in [-0.2, -0.15) is 4.98 Å². The third-order valence-electron chi connectivity index (χ3n) is 5.44. The number of rotatable bonds is 2. The molecule has 28 heavy (non-hydrogen) atoms. The first-order chi connectivity index (χ1) is 13.7. The minimum absolute atomic E-state index is 0.357. The smallest absolute Gasteiger partial charge is 0.336 e. The van der Waals surface area contributed by atoms with Crippen LogP contribution in [-0.4, -0.2) is 39.6 Å². The number of nitrogens with one attached hydrogen (secondary N) is 2. The van der Waals surface area contributed by atoms with Gasteiger partial charge < -0.3 is 19.6 Å². The molecule has 1 unspecified atom stereocenters. The van der Waals surface area contributed by atoms with Gasteiger partial charge in [-0.15, -0.1) is 0 Å². The van der Waals surface area contributed by atoms with Gasteiger partial charge in [-0.3, -0.25) is 0 Å². The summed E-state index contributed by atoms with van der Waals surface area (Å²) in [7, 11) is 0. The fourth-order valence-electron chi connectivity index (χ4n) is 4.03. The highest BCUT2D eigenvalue weighted by molar-refractivity contribution is 5.91. The Kier molecular flexibility index (Phi) is 3.11. The second-order valence-corrected chi connectivity index (χ2v) is 7.19. The Balaban J connectivity index is 1.50. The second-order valence-electron chi connectivity index (χ2n) is 7.19. The Morgan fingerprint density at radius 1 is 1.18 bits per heavy atom. The van der Waals surface area contributed by atoms with E-state index in [1.54, 1.807) is 18.5 Å². The number of benzene rings is 1. The molecule has 2 N–H and O–H groups in total. The van der Waals surface area contributed by atoms with Crippen LogP contribution in [0.15, 0.2) is 57.6 Å². The lowest BCUT2D eigenvalue weighted by Crippen LogP contribution is -2.25. The molecular formula is C20H16N6O2. The molecule has 3 aromatic heterocycles. The van der Waals surface area contributed by atoms with Gasteiger partial charge in [-0.1, -0.05) is 0 Å². The summed E-state index contributed by atoms with van der Waals surface area (Å²) in [6.45, 7) is 2.70. The van der Waals surface area contributed by atoms with E-state index in [1.165, 1.54) is 11.6 Å². The Bertz CT molecular complexity index is 1320. The first-order valence-corrected chi connectivity index (χ1v) is 9.17. The molecule has 4 aromatic rings. The monoisotopic (exact) mass is 372 g/mol. The van der Waals surface area contributed by atoms with Gasteiger partial charge in [0.05, 0.1) is 6.33 Å². The minimum atomic E-state index is -0.357. The number of aromatic nitrogens is 4. The Morgan fingerprint density at radius 2 is 2.14 bits per heavy atom. The maximum atomic E-state index is 11.4. The summed E-state index contributed by atoms with van der Waals surface area (Å²) < 4.78 is 5.24. The molecular weight excluding hydrogens is 356 g/mol. The molecule has 0 amide bonds. The average Bonchev–Trinajstić information content (AvgIpc) is 3.42. The summed E-state index contributed by atoms with van der Waals surface area (Å²) in [6, 6.07) is 8.86. The van der Waals surface area contributed by atoms with Crippen LogP contribution in [0.5, 0.6) is 0 Å². The number of anilines is 1. The lowest BCUT2D eigenvalue weighted by Gasteiger charge is -2.17. The van der Waals surface area contributed by atoms with E-state index in [9.17, 15) is 4.79 Å². The SMILES string of the molecule is O=c1ccc2cc(-c3nc(N4CC5=CNCC5C4)nc4nc[nH]c34)ccc2o1. The third-order valence-corrected chi connectivity index (χ3v) is 5.44. The zero-order valence-corrected chi connectivity index (χ0v) is 14.8. The summed E-state index contributed by atoms with van der Waals surface area (Å²) in [6.07, 6.45) is 3.74. The van der Waals surface area contributed by atoms with E-state index >= 15 is 0 Å². The van der Waals surface area contributed by atoms with Crippen molar-refractivity contribution in [1.29, 1.82) is 0 Å². The standard InChI is InChI=1S/C20H16N6O2/c27-16-4-2-11-5-12(1-3-15(11)28-16)17-18-19(23-10-22-18)25-20(24-17)26-8-13-6-21-7-14(13)9-26/h1-6,10,14,21H,7-9H2,(H,22,23,24,25). The molecule has 8 nitrogen and oxygen atoms in total. The predicted octanol–water partition coefficient (Wildman–Crippen LogP) is 2.05. The van der Waals surface area contributed by atoms with Gasteiger partial charge in [0.25, 0.3) is 0 Å². The lowest BCUT2D eigenvalue weighted by atomic mass is 10.1. The highest BCUT2D eigenvalue weighted by Crippen LogP contribution is 2.32. The van der Waals surface area contributed by atoms with Crippen LogP contribution in [0.2, 0.25) is 0 Å². The van der Waals surface area contributed by atoms with Crippen LogP contribution < -0.4 is 15.8 Å². The Hall–Kier alpha value is -3.68. The van der Waals surface area contributed by atoms with Crippen molar-refractivity contribution in [2.75, 3.05) is 24.5 Å². The Labute approximate surface area is 158 Å². The normalized spacial score (nSPS) is 18.5. The molecule has 2 aliphatic heterocycles. The topological polar surface area (TPSA) is 99.9 Å². The second kappa shape index (κ2) is 5.66. The number of fused-ring (bicyclic) bond motifs is 3. The summed E-state index contributed by atoms with van der Waals surface area (Å²) >= 11 is 0. The molecule has 1 atom stereocenters. The van der Waals surface area contributed by atoms with E-state index in [0.717, 1.165) is 41.8 Å². The summed E-state index contributed by atoms with van der Waals surface area (Å²) in [4.78, 5) is 30.7. The predicted molar refractivity (Wildman–Crippen MR) is 105 cm³/mol. The van der Waals surface area contributed by atoms with E-state index in [2.05, 4.69) is 31.4 Å². The van der Waals surface area contributed by atoms with Gasteiger partial charge in [-0.05, 0) is 36.0 Å². The molecule has 0 spiro atoms. The maximum Gasteiger partial charge on any atom is 0.336 e. The van der Waals surface area contributed by atoms with Gasteiger partial charge in [0, 0.05) is 42.6 Å². The van der Waals surface area contributed by atoms with Crippen molar-refractivity contribution in [3.8, 4) is 11.3 Å². The van der Waals surface area contributed by atoms with Gasteiger partial charge >= 0.3 is 5.63 Å². The van der Waals surface area contributed by atoms with Crippen molar-refractivity contribution in [3.63, 3.8) is 0 Å². The van der Waals surface area contributed by atoms with Crippen LogP contribution in [-0.2, 0) is 0 Å². The summed E-state index contributed by atoms with van der Waals surface area (Å²) in [5.41, 5.74) is 4.73. The Morgan fingerprint density at radius 3 is 3.07 bits per heavy atom. The van der Waals surface area contributed by atoms with Crippen LogP contribution in [0.4, 0.5) is 5.95 Å². The van der Waals surface area contributed by atoms with Crippen molar-refractivity contribution < 1.29 is 4.42 Å². The zero-order chi connectivity index (χ0) is 18.7. The summed E-state index contributed by atoms with van der Waals surface area (Å²) in [5, 5.41) is 4.15. The number of imidazole rings is 1. The number of hydrogen-bond acceptors (Lipinski definition) is 7. The number of aromatic amines is 1. The number of H-pyrrole nitrogens is 1. The van der Waals surface area contributed by atoms with E-state index in [1.807, 2.05) is 12.1 Å². The molecule has 8 heteroatoms. The molecule has 1 saturated heterocycles. The number of nitrogens with zero attached hydrogens (tertiary/aromatic N) is 4. The van der Waals surface area contributed by atoms with Crippen molar-refractivity contribution in [1.82, 2.24) is 25.3 Å².